The predicted molar refractivity (Wildman–Crippen MR) is 113 cm³/mol. The minimum atomic E-state index is -1.04. The van der Waals surface area contributed by atoms with Crippen molar-refractivity contribution in [1.82, 2.24) is 0 Å². The van der Waals surface area contributed by atoms with E-state index in [9.17, 15) is 0 Å². The molecular formula is C24H23Cl2OSiZr. The van der Waals surface area contributed by atoms with E-state index in [0.717, 1.165) is 5.54 Å². The molecule has 1 unspecified atom stereocenters. The molecular weight excluding hydrogens is 494 g/mol. The normalized spacial score (nSPS) is 17.3. The zero-order chi connectivity index (χ0) is 18.1. The van der Waals surface area contributed by atoms with Gasteiger partial charge in [-0.05, 0) is 17.5 Å². The molecule has 1 atom stereocenters. The van der Waals surface area contributed by atoms with Gasteiger partial charge in [-0.2, -0.15) is 6.07 Å². The average molecular weight is 518 g/mol. The Morgan fingerprint density at radius 2 is 1.66 bits per heavy atom. The first kappa shape index (κ1) is 24.3. The molecule has 0 fully saturated rings. The number of rotatable bonds is 0. The van der Waals surface area contributed by atoms with Crippen molar-refractivity contribution in [2.24, 2.45) is 0 Å². The fourth-order valence-electron chi connectivity index (χ4n) is 5.29. The van der Waals surface area contributed by atoms with Crippen LogP contribution in [0.25, 0.3) is 26.7 Å². The van der Waals surface area contributed by atoms with E-state index in [4.69, 9.17) is 4.42 Å². The van der Waals surface area contributed by atoms with Crippen molar-refractivity contribution in [2.75, 3.05) is 0 Å². The summed E-state index contributed by atoms with van der Waals surface area (Å²) in [6.45, 7) is 9.34. The number of furan rings is 1. The van der Waals surface area contributed by atoms with E-state index in [2.05, 4.69) is 75.5 Å². The van der Waals surface area contributed by atoms with Gasteiger partial charge in [0.25, 0.3) is 0 Å². The Kier molecular flexibility index (Phi) is 7.23. The Balaban J connectivity index is 0.000000189. The third kappa shape index (κ3) is 3.55. The van der Waals surface area contributed by atoms with Gasteiger partial charge in [-0.25, -0.2) is 0 Å². The maximum absolute atomic E-state index is 5.22. The van der Waals surface area contributed by atoms with Crippen LogP contribution in [-0.2, 0) is 26.2 Å². The molecule has 1 radical (unpaired) electrons. The van der Waals surface area contributed by atoms with Crippen LogP contribution in [0.4, 0.5) is 0 Å². The fraction of sp³-hybridized carbons (Fsp3) is 0.208. The van der Waals surface area contributed by atoms with Gasteiger partial charge in [0.1, 0.15) is 0 Å². The van der Waals surface area contributed by atoms with Gasteiger partial charge in [0, 0.05) is 16.7 Å². The van der Waals surface area contributed by atoms with E-state index < -0.39 is 8.07 Å². The second-order valence-corrected chi connectivity index (χ2v) is 12.8. The molecule has 3 aliphatic rings. The summed E-state index contributed by atoms with van der Waals surface area (Å²) in [4.78, 5) is 0. The molecule has 147 valence electrons. The number of fused-ring (bicyclic) bond motifs is 3. The summed E-state index contributed by atoms with van der Waals surface area (Å²) in [7, 11) is -1.04. The van der Waals surface area contributed by atoms with Crippen LogP contribution < -0.4 is 24.8 Å². The van der Waals surface area contributed by atoms with Crippen LogP contribution >= 0.6 is 0 Å². The van der Waals surface area contributed by atoms with Crippen LogP contribution in [-0.4, -0.2) is 8.07 Å². The standard InChI is InChI=1S/C14H11.C10H12OSi.2ClH.Zr/c1-10-8-12-7-6-11-4-2-3-5-13(11)14(12)9-10;1-6-9-7-4-11-5-8(7)10(6)12(9,2)3;;;/h2-9H,1H3;4-5,9H,1-3H3;2*1H;/q-1;;;;+3/p-2. The van der Waals surface area contributed by atoms with Gasteiger partial charge >= 0.3 is 26.2 Å². The summed E-state index contributed by atoms with van der Waals surface area (Å²) in [5.41, 5.74) is 6.64. The molecule has 7 rings (SSSR count). The van der Waals surface area contributed by atoms with E-state index >= 15 is 0 Å². The molecule has 0 saturated heterocycles. The molecule has 3 heterocycles. The number of aryl methyl sites for hydroxylation is 1. The molecule has 3 aromatic carbocycles. The Hall–Kier alpha value is -0.990. The smallest absolute Gasteiger partial charge is 1.00 e. The Morgan fingerprint density at radius 3 is 2.34 bits per heavy atom. The van der Waals surface area contributed by atoms with E-state index in [0.29, 0.717) is 0 Å². The summed E-state index contributed by atoms with van der Waals surface area (Å²) < 4.78 is 5.22. The maximum Gasteiger partial charge on any atom is 3.00 e. The summed E-state index contributed by atoms with van der Waals surface area (Å²) >= 11 is 0. The first-order valence-electron chi connectivity index (χ1n) is 9.31. The van der Waals surface area contributed by atoms with E-state index in [1.54, 1.807) is 10.8 Å². The number of allylic oxidation sites excluding steroid dienone is 1. The topological polar surface area (TPSA) is 13.1 Å². The van der Waals surface area contributed by atoms with E-state index in [-0.39, 0.29) is 51.0 Å². The van der Waals surface area contributed by atoms with Crippen LogP contribution in [0.15, 0.2) is 71.0 Å². The first-order chi connectivity index (χ1) is 12.5. The largest absolute Gasteiger partial charge is 3.00 e. The van der Waals surface area contributed by atoms with Gasteiger partial charge in [0.05, 0.1) is 20.6 Å². The quantitative estimate of drug-likeness (QED) is 0.251. The van der Waals surface area contributed by atoms with Crippen molar-refractivity contribution in [3.8, 4) is 0 Å². The molecule has 0 saturated carbocycles. The minimum Gasteiger partial charge on any atom is -1.00 e. The van der Waals surface area contributed by atoms with Gasteiger partial charge in [-0.3, -0.25) is 0 Å². The molecule has 29 heavy (non-hydrogen) atoms. The van der Waals surface area contributed by atoms with Gasteiger partial charge in [0.15, 0.2) is 0 Å². The number of hydrogen-bond acceptors (Lipinski definition) is 1. The van der Waals surface area contributed by atoms with Gasteiger partial charge in [-0.15, -0.1) is 28.5 Å². The zero-order valence-electron chi connectivity index (χ0n) is 17.0. The van der Waals surface area contributed by atoms with Crippen LogP contribution in [0.5, 0.6) is 0 Å². The summed E-state index contributed by atoms with van der Waals surface area (Å²) in [5.74, 6) is 0. The summed E-state index contributed by atoms with van der Waals surface area (Å²) in [6.07, 6.45) is 3.87. The van der Waals surface area contributed by atoms with Gasteiger partial charge in [-0.1, -0.05) is 61.3 Å². The molecule has 0 N–H and O–H groups in total. The number of benzene rings is 2. The Labute approximate surface area is 204 Å². The summed E-state index contributed by atoms with van der Waals surface area (Å²) in [5, 5.41) is 7.07. The third-order valence-electron chi connectivity index (χ3n) is 6.23. The fourth-order valence-corrected chi connectivity index (χ4v) is 9.64. The van der Waals surface area contributed by atoms with Crippen LogP contribution in [0, 0.1) is 6.92 Å². The second kappa shape index (κ2) is 8.63. The number of halogens is 2. The molecule has 1 aliphatic carbocycles. The van der Waals surface area contributed by atoms with Crippen molar-refractivity contribution in [3.63, 3.8) is 0 Å². The van der Waals surface area contributed by atoms with Crippen LogP contribution in [0.3, 0.4) is 0 Å². The molecule has 0 spiro atoms. The van der Waals surface area contributed by atoms with Crippen molar-refractivity contribution in [2.45, 2.75) is 32.5 Å². The van der Waals surface area contributed by atoms with Gasteiger partial charge < -0.3 is 29.2 Å². The van der Waals surface area contributed by atoms with Gasteiger partial charge in [0.2, 0.25) is 0 Å². The molecule has 2 bridgehead atoms. The SMILES string of the molecule is CC1=C2c3cocc3C1[Si]2(C)C.Cc1cc2c(ccc3ccccc32)[cH-]1.[Cl-].[Cl-].[Zr+3]. The zero-order valence-corrected chi connectivity index (χ0v) is 22.0. The second-order valence-electron chi connectivity index (χ2n) is 8.28. The molecule has 0 amide bonds. The van der Waals surface area contributed by atoms with Crippen molar-refractivity contribution >= 4 is 34.8 Å². The molecule has 1 nitrogen and oxygen atoms in total. The average Bonchev–Trinajstić information content (AvgIpc) is 3.31. The predicted octanol–water partition coefficient (Wildman–Crippen LogP) is 0.977. The molecule has 5 heteroatoms. The molecule has 1 aromatic heterocycles. The van der Waals surface area contributed by atoms with Crippen LogP contribution in [0.2, 0.25) is 13.1 Å². The number of hydrogen-bond donors (Lipinski definition) is 0. The first-order valence-corrected chi connectivity index (χ1v) is 12.4. The monoisotopic (exact) mass is 515 g/mol. The van der Waals surface area contributed by atoms with E-state index in [1.165, 1.54) is 38.2 Å². The third-order valence-corrected chi connectivity index (χ3v) is 10.4. The Morgan fingerprint density at radius 1 is 0.931 bits per heavy atom. The Bertz CT molecular complexity index is 1200. The molecule has 2 aliphatic heterocycles. The van der Waals surface area contributed by atoms with Crippen molar-refractivity contribution in [1.29, 1.82) is 0 Å². The van der Waals surface area contributed by atoms with Crippen molar-refractivity contribution < 1.29 is 55.4 Å². The molecule has 4 aromatic rings. The minimum absolute atomic E-state index is 0. The summed E-state index contributed by atoms with van der Waals surface area (Å²) in [6, 6.07) is 17.4. The van der Waals surface area contributed by atoms with Crippen molar-refractivity contribution in [3.05, 3.63) is 83.3 Å². The van der Waals surface area contributed by atoms with E-state index in [1.807, 2.05) is 12.5 Å². The van der Waals surface area contributed by atoms with Crippen LogP contribution in [0.1, 0.15) is 29.2 Å². The maximum atomic E-state index is 5.22.